The monoisotopic (exact) mass is 375 g/mol. The molecular formula is C3H7N6O10Sr. The van der Waals surface area contributed by atoms with Crippen molar-refractivity contribution >= 4 is 57.4 Å². The van der Waals surface area contributed by atoms with Gasteiger partial charge >= 0.3 is 51.5 Å². The van der Waals surface area contributed by atoms with E-state index in [0.29, 0.717) is 0 Å². The zero-order chi connectivity index (χ0) is 16.6. The number of nitro groups is 1. The first-order chi connectivity index (χ1) is 8.32. The summed E-state index contributed by atoms with van der Waals surface area (Å²) < 4.78 is 0. The van der Waals surface area contributed by atoms with Crippen molar-refractivity contribution in [2.24, 2.45) is 5.73 Å². The molecule has 0 aliphatic rings. The number of carbonyl (C=O) groups is 1. The van der Waals surface area contributed by atoms with E-state index in [1.165, 1.54) is 5.43 Å². The van der Waals surface area contributed by atoms with E-state index >= 15 is 0 Å². The van der Waals surface area contributed by atoms with Crippen LogP contribution in [0.25, 0.3) is 0 Å². The molecule has 17 heteroatoms. The van der Waals surface area contributed by atoms with Crippen molar-refractivity contribution < 1.29 is 25.1 Å². The maximum absolute atomic E-state index is 9.28. The summed E-state index contributed by atoms with van der Waals surface area (Å²) in [6.45, 7) is 2.56. The third-order valence-corrected chi connectivity index (χ3v) is 0.212. The van der Waals surface area contributed by atoms with Gasteiger partial charge < -0.3 is 41.5 Å². The average Bonchev–Trinajstić information content (AvgIpc) is 1.95. The van der Waals surface area contributed by atoms with E-state index < -0.39 is 27.1 Å². The third-order valence-electron chi connectivity index (χ3n) is 0.212. The Morgan fingerprint density at radius 1 is 1.10 bits per heavy atom. The molecule has 20 heavy (non-hydrogen) atoms. The van der Waals surface area contributed by atoms with E-state index in [-0.39, 0.29) is 45.5 Å². The molecule has 0 atom stereocenters. The smallest absolute Gasteiger partial charge is 0.481 e. The van der Waals surface area contributed by atoms with Gasteiger partial charge in [0.15, 0.2) is 5.03 Å². The second kappa shape index (κ2) is 22.2. The Morgan fingerprint density at radius 3 is 1.25 bits per heavy atom. The zero-order valence-electron chi connectivity index (χ0n) is 9.45. The number of nitrogens with zero attached hydrogens (tertiary/aromatic N) is 3. The number of aliphatic carboxylic acids is 1. The molecule has 0 rings (SSSR count). The molecule has 111 valence electrons. The van der Waals surface area contributed by atoms with Gasteiger partial charge in [0, 0.05) is 0 Å². The molecule has 0 amide bonds. The number of carboxylic acids is 1. The SMILES string of the molecule is N=C(N)N[N+](=O)[O-].O=[N+]([O-])[O-].O=[N+]([O-])[O-].[CH2]C(=O)O.[Sr+2]. The molecular weight excluding hydrogens is 368 g/mol. The Kier molecular flexibility index (Phi) is 34.2. The molecule has 0 heterocycles. The summed E-state index contributed by atoms with van der Waals surface area (Å²) in [5.74, 6) is -1.75. The number of hydrogen-bond donors (Lipinski definition) is 4. The molecule has 16 nitrogen and oxygen atoms in total. The van der Waals surface area contributed by atoms with Gasteiger partial charge in [-0.25, -0.2) is 10.1 Å². The Hall–Kier alpha value is -1.98. The van der Waals surface area contributed by atoms with Crippen molar-refractivity contribution in [1.82, 2.24) is 5.43 Å². The molecule has 0 saturated heterocycles. The van der Waals surface area contributed by atoms with Crippen LogP contribution in [0.1, 0.15) is 0 Å². The Labute approximate surface area is 146 Å². The summed E-state index contributed by atoms with van der Waals surface area (Å²) in [4.78, 5) is 34.7. The van der Waals surface area contributed by atoms with Gasteiger partial charge in [0.2, 0.25) is 5.96 Å². The molecule has 0 aliphatic heterocycles. The minimum atomic E-state index is -1.75. The number of guanidine groups is 1. The van der Waals surface area contributed by atoms with Crippen LogP contribution in [-0.4, -0.2) is 77.7 Å². The van der Waals surface area contributed by atoms with Gasteiger partial charge in [0.05, 0.1) is 17.1 Å². The molecule has 0 aromatic heterocycles. The second-order valence-corrected chi connectivity index (χ2v) is 1.62. The summed E-state index contributed by atoms with van der Waals surface area (Å²) in [6.07, 6.45) is 0. The molecule has 0 aromatic carbocycles. The van der Waals surface area contributed by atoms with Gasteiger partial charge in [-0.3, -0.25) is 10.2 Å². The van der Waals surface area contributed by atoms with Gasteiger partial charge in [0.1, 0.15) is 0 Å². The Morgan fingerprint density at radius 2 is 1.25 bits per heavy atom. The van der Waals surface area contributed by atoms with Crippen molar-refractivity contribution in [3.05, 3.63) is 47.7 Å². The van der Waals surface area contributed by atoms with Crippen LogP contribution in [-0.2, 0) is 4.79 Å². The van der Waals surface area contributed by atoms with Crippen LogP contribution in [0.4, 0.5) is 0 Å². The summed E-state index contributed by atoms with van der Waals surface area (Å²) in [5, 5.41) is 51.4. The average molecular weight is 375 g/mol. The molecule has 0 saturated carbocycles. The number of hydrogen-bond acceptors (Lipinski definition) is 10. The van der Waals surface area contributed by atoms with Crippen LogP contribution in [0.3, 0.4) is 0 Å². The van der Waals surface area contributed by atoms with Gasteiger partial charge in [-0.1, -0.05) is 5.43 Å². The second-order valence-electron chi connectivity index (χ2n) is 1.62. The molecule has 0 bridgehead atoms. The molecule has 5 N–H and O–H groups in total. The normalized spacial score (nSPS) is 6.25. The van der Waals surface area contributed by atoms with Gasteiger partial charge in [-0.05, 0) is 0 Å². The summed E-state index contributed by atoms with van der Waals surface area (Å²) in [6, 6.07) is 0. The first-order valence-electron chi connectivity index (χ1n) is 3.25. The van der Waals surface area contributed by atoms with Crippen LogP contribution >= 0.6 is 0 Å². The first kappa shape index (κ1) is 30.8. The number of nitrogens with two attached hydrogens (primary N) is 1. The van der Waals surface area contributed by atoms with E-state index in [4.69, 9.17) is 46.0 Å². The van der Waals surface area contributed by atoms with E-state index in [1.807, 2.05) is 0 Å². The van der Waals surface area contributed by atoms with Gasteiger partial charge in [-0.2, -0.15) is 0 Å². The fourth-order valence-corrected chi connectivity index (χ4v) is 0.0983. The number of hydrazine groups is 1. The summed E-state index contributed by atoms with van der Waals surface area (Å²) >= 11 is 0. The van der Waals surface area contributed by atoms with Crippen molar-refractivity contribution in [3.8, 4) is 0 Å². The largest absolute Gasteiger partial charge is 2.00 e. The van der Waals surface area contributed by atoms with Gasteiger partial charge in [-0.15, -0.1) is 0 Å². The topological polar surface area (TPSA) is 275 Å². The van der Waals surface area contributed by atoms with Crippen molar-refractivity contribution in [1.29, 1.82) is 5.41 Å². The standard InChI is InChI=1S/C2H3O2.CH4N4O2.2NO3.Sr/c1-2(3)4;2-1(3)4-5(6)7;2*2-1(3)4;/h1H2,(H,3,4);(H4,2,3,4);;;/q;;2*-1;+2. The van der Waals surface area contributed by atoms with Gasteiger partial charge in [0.25, 0.3) is 0 Å². The number of carboxylic acid groups (broad SMARTS) is 1. The van der Waals surface area contributed by atoms with Crippen LogP contribution in [0.2, 0.25) is 0 Å². The Balaban J connectivity index is -0.0000000512. The predicted octanol–water partition coefficient (Wildman–Crippen LogP) is -2.29. The quantitative estimate of drug-likeness (QED) is 0.124. The number of nitrogens with one attached hydrogen (secondary N) is 2. The minimum Gasteiger partial charge on any atom is -0.481 e. The Bertz CT molecular complexity index is 268. The maximum Gasteiger partial charge on any atom is 2.00 e. The van der Waals surface area contributed by atoms with Crippen LogP contribution < -0.4 is 11.2 Å². The molecule has 1 radical (unpaired) electrons. The fourth-order valence-electron chi connectivity index (χ4n) is 0.0983. The summed E-state index contributed by atoms with van der Waals surface area (Å²) in [5.41, 5.74) is 5.91. The maximum atomic E-state index is 9.28. The van der Waals surface area contributed by atoms with Crippen molar-refractivity contribution in [2.45, 2.75) is 0 Å². The van der Waals surface area contributed by atoms with E-state index in [1.54, 1.807) is 0 Å². The zero-order valence-corrected chi connectivity index (χ0v) is 12.9. The van der Waals surface area contributed by atoms with E-state index in [0.717, 1.165) is 0 Å². The van der Waals surface area contributed by atoms with Crippen LogP contribution in [0.15, 0.2) is 0 Å². The molecule has 0 fully saturated rings. The van der Waals surface area contributed by atoms with Crippen molar-refractivity contribution in [3.63, 3.8) is 0 Å². The molecule has 0 aliphatic carbocycles. The van der Waals surface area contributed by atoms with E-state index in [9.17, 15) is 10.1 Å². The van der Waals surface area contributed by atoms with Crippen molar-refractivity contribution in [2.75, 3.05) is 0 Å². The minimum absolute atomic E-state index is 0. The predicted molar refractivity (Wildman–Crippen MR) is 61.5 cm³/mol. The number of rotatable bonds is 1. The molecule has 0 aromatic rings. The third kappa shape index (κ3) is 885. The van der Waals surface area contributed by atoms with Crippen LogP contribution in [0, 0.1) is 53.1 Å². The molecule has 0 spiro atoms. The fraction of sp³-hybridized carbons (Fsp3) is 0. The molecule has 0 unspecified atom stereocenters. The summed E-state index contributed by atoms with van der Waals surface area (Å²) in [7, 11) is 0. The first-order valence-corrected chi connectivity index (χ1v) is 3.25. The van der Waals surface area contributed by atoms with E-state index in [2.05, 4.69) is 12.7 Å². The van der Waals surface area contributed by atoms with Crippen LogP contribution in [0.5, 0.6) is 0 Å².